The number of aryl methyl sites for hydroxylation is 1. The Morgan fingerprint density at radius 2 is 1.65 bits per heavy atom. The minimum atomic E-state index is -3.52. The van der Waals surface area contributed by atoms with Crippen molar-refractivity contribution in [2.45, 2.75) is 18.4 Å². The summed E-state index contributed by atoms with van der Waals surface area (Å²) >= 11 is 1.49. The molecular formula is C17H16N2O2S2. The molecule has 0 amide bonds. The summed E-state index contributed by atoms with van der Waals surface area (Å²) in [7, 11) is -3.52. The number of aromatic nitrogens is 1. The monoisotopic (exact) mass is 344 g/mol. The Labute approximate surface area is 139 Å². The van der Waals surface area contributed by atoms with E-state index in [2.05, 4.69) is 9.71 Å². The van der Waals surface area contributed by atoms with E-state index in [9.17, 15) is 8.42 Å². The number of benzene rings is 2. The zero-order valence-electron chi connectivity index (χ0n) is 12.6. The van der Waals surface area contributed by atoms with Crippen molar-refractivity contribution in [2.24, 2.45) is 0 Å². The normalized spacial score (nSPS) is 11.5. The van der Waals surface area contributed by atoms with Gasteiger partial charge in [0.05, 0.1) is 9.90 Å². The fraction of sp³-hybridized carbons (Fsp3) is 0.118. The zero-order valence-corrected chi connectivity index (χ0v) is 14.2. The van der Waals surface area contributed by atoms with E-state index in [1.165, 1.54) is 11.3 Å². The first-order chi connectivity index (χ1) is 11.0. The Hall–Kier alpha value is -2.02. The van der Waals surface area contributed by atoms with Crippen molar-refractivity contribution in [1.29, 1.82) is 0 Å². The number of nitrogens with one attached hydrogen (secondary N) is 1. The molecule has 0 atom stereocenters. The average molecular weight is 344 g/mol. The van der Waals surface area contributed by atoms with Gasteiger partial charge in [-0.2, -0.15) is 0 Å². The molecule has 2 aromatic carbocycles. The fourth-order valence-electron chi connectivity index (χ4n) is 2.19. The van der Waals surface area contributed by atoms with Crippen molar-refractivity contribution in [2.75, 3.05) is 0 Å². The largest absolute Gasteiger partial charge is 0.250 e. The van der Waals surface area contributed by atoms with Crippen molar-refractivity contribution in [3.05, 3.63) is 70.7 Å². The highest BCUT2D eigenvalue weighted by molar-refractivity contribution is 7.89. The summed E-state index contributed by atoms with van der Waals surface area (Å²) in [5, 5.41) is 0.923. The van der Waals surface area contributed by atoms with E-state index in [-0.39, 0.29) is 11.4 Å². The molecule has 0 unspecified atom stereocenters. The molecule has 6 heteroatoms. The Kier molecular flexibility index (Phi) is 4.56. The molecule has 0 fully saturated rings. The molecule has 1 heterocycles. The number of hydrogen-bond acceptors (Lipinski definition) is 4. The summed E-state index contributed by atoms with van der Waals surface area (Å²) in [5.74, 6) is 0. The molecule has 118 valence electrons. The first-order valence-corrected chi connectivity index (χ1v) is 9.41. The van der Waals surface area contributed by atoms with Crippen LogP contribution in [-0.2, 0) is 16.6 Å². The minimum absolute atomic E-state index is 0.258. The van der Waals surface area contributed by atoms with Gasteiger partial charge >= 0.3 is 0 Å². The lowest BCUT2D eigenvalue weighted by molar-refractivity contribution is 0.582. The zero-order chi connectivity index (χ0) is 16.3. The standard InChI is InChI=1S/C17H16N2O2S2/c1-13-18-11-16(22-13)12-19-23(20,21)17-9-7-15(8-10-17)14-5-3-2-4-6-14/h2-11,19H,12H2,1H3. The smallest absolute Gasteiger partial charge is 0.240 e. The summed E-state index contributed by atoms with van der Waals surface area (Å²) in [6.07, 6.45) is 1.70. The maximum absolute atomic E-state index is 12.3. The molecule has 0 bridgehead atoms. The Morgan fingerprint density at radius 1 is 1.00 bits per heavy atom. The van der Waals surface area contributed by atoms with Crippen LogP contribution in [0.1, 0.15) is 9.88 Å². The topological polar surface area (TPSA) is 59.1 Å². The summed E-state index contributed by atoms with van der Waals surface area (Å²) in [6, 6.07) is 16.7. The van der Waals surface area contributed by atoms with Gasteiger partial charge in [0.15, 0.2) is 0 Å². The van der Waals surface area contributed by atoms with E-state index in [1.807, 2.05) is 49.4 Å². The van der Waals surface area contributed by atoms with Gasteiger partial charge < -0.3 is 0 Å². The van der Waals surface area contributed by atoms with Crippen molar-refractivity contribution in [1.82, 2.24) is 9.71 Å². The van der Waals surface area contributed by atoms with Crippen LogP contribution in [0.4, 0.5) is 0 Å². The molecule has 3 aromatic rings. The van der Waals surface area contributed by atoms with E-state index in [0.29, 0.717) is 0 Å². The van der Waals surface area contributed by atoms with Gasteiger partial charge in [0, 0.05) is 17.6 Å². The van der Waals surface area contributed by atoms with Crippen LogP contribution in [0.25, 0.3) is 11.1 Å². The van der Waals surface area contributed by atoms with Crippen LogP contribution in [0, 0.1) is 6.92 Å². The molecule has 1 N–H and O–H groups in total. The first kappa shape index (κ1) is 15.9. The van der Waals surface area contributed by atoms with Gasteiger partial charge in [0.25, 0.3) is 0 Å². The van der Waals surface area contributed by atoms with Crippen molar-refractivity contribution in [3.8, 4) is 11.1 Å². The molecule has 4 nitrogen and oxygen atoms in total. The molecule has 23 heavy (non-hydrogen) atoms. The first-order valence-electron chi connectivity index (χ1n) is 7.11. The molecule has 3 rings (SSSR count). The van der Waals surface area contributed by atoms with Gasteiger partial charge in [-0.25, -0.2) is 18.1 Å². The number of rotatable bonds is 5. The summed E-state index contributed by atoms with van der Waals surface area (Å²) in [6.45, 7) is 2.15. The highest BCUT2D eigenvalue weighted by Gasteiger charge is 2.14. The maximum atomic E-state index is 12.3. The minimum Gasteiger partial charge on any atom is -0.250 e. The van der Waals surface area contributed by atoms with Gasteiger partial charge in [-0.05, 0) is 30.2 Å². The Balaban J connectivity index is 1.75. The van der Waals surface area contributed by atoms with Crippen molar-refractivity contribution in [3.63, 3.8) is 0 Å². The van der Waals surface area contributed by atoms with Crippen LogP contribution < -0.4 is 4.72 Å². The van der Waals surface area contributed by atoms with Crippen LogP contribution in [0.3, 0.4) is 0 Å². The van der Waals surface area contributed by atoms with E-state index in [0.717, 1.165) is 21.0 Å². The van der Waals surface area contributed by atoms with Gasteiger partial charge in [0.1, 0.15) is 0 Å². The molecule has 0 saturated heterocycles. The van der Waals surface area contributed by atoms with Crippen LogP contribution in [-0.4, -0.2) is 13.4 Å². The van der Waals surface area contributed by atoms with E-state index in [1.54, 1.807) is 18.3 Å². The van der Waals surface area contributed by atoms with Crippen molar-refractivity contribution >= 4 is 21.4 Å². The van der Waals surface area contributed by atoms with Crippen LogP contribution in [0.15, 0.2) is 65.7 Å². The summed E-state index contributed by atoms with van der Waals surface area (Å²) < 4.78 is 27.3. The van der Waals surface area contributed by atoms with Crippen LogP contribution in [0.2, 0.25) is 0 Å². The predicted molar refractivity (Wildman–Crippen MR) is 92.8 cm³/mol. The quantitative estimate of drug-likeness (QED) is 0.769. The number of thiazole rings is 1. The third-order valence-corrected chi connectivity index (χ3v) is 5.71. The molecule has 0 aliphatic rings. The molecule has 1 aromatic heterocycles. The highest BCUT2D eigenvalue weighted by atomic mass is 32.2. The summed E-state index contributed by atoms with van der Waals surface area (Å²) in [5.41, 5.74) is 2.05. The number of sulfonamides is 1. The molecule has 0 aliphatic heterocycles. The second-order valence-corrected chi connectivity index (χ2v) is 8.15. The fourth-order valence-corrected chi connectivity index (χ4v) is 4.03. The predicted octanol–water partition coefficient (Wildman–Crippen LogP) is 3.60. The molecule has 0 radical (unpaired) electrons. The molecule has 0 spiro atoms. The highest BCUT2D eigenvalue weighted by Crippen LogP contribution is 2.21. The molecular weight excluding hydrogens is 328 g/mol. The van der Waals surface area contributed by atoms with E-state index < -0.39 is 10.0 Å². The molecule has 0 aliphatic carbocycles. The lowest BCUT2D eigenvalue weighted by Crippen LogP contribution is -2.22. The second-order valence-electron chi connectivity index (χ2n) is 5.06. The van der Waals surface area contributed by atoms with Crippen LogP contribution >= 0.6 is 11.3 Å². The van der Waals surface area contributed by atoms with Crippen LogP contribution in [0.5, 0.6) is 0 Å². The van der Waals surface area contributed by atoms with Gasteiger partial charge in [-0.15, -0.1) is 11.3 Å². The second kappa shape index (κ2) is 6.62. The Morgan fingerprint density at radius 3 is 2.26 bits per heavy atom. The van der Waals surface area contributed by atoms with Gasteiger partial charge in [-0.1, -0.05) is 42.5 Å². The average Bonchev–Trinajstić information content (AvgIpc) is 3.00. The number of nitrogens with zero attached hydrogens (tertiary/aromatic N) is 1. The SMILES string of the molecule is Cc1ncc(CNS(=O)(=O)c2ccc(-c3ccccc3)cc2)s1. The summed E-state index contributed by atoms with van der Waals surface area (Å²) in [4.78, 5) is 5.28. The lowest BCUT2D eigenvalue weighted by Gasteiger charge is -2.07. The van der Waals surface area contributed by atoms with Gasteiger partial charge in [0.2, 0.25) is 10.0 Å². The lowest BCUT2D eigenvalue weighted by atomic mass is 10.1. The van der Waals surface area contributed by atoms with Crippen molar-refractivity contribution < 1.29 is 8.42 Å². The van der Waals surface area contributed by atoms with E-state index in [4.69, 9.17) is 0 Å². The molecule has 0 saturated carbocycles. The number of hydrogen-bond donors (Lipinski definition) is 1. The third-order valence-electron chi connectivity index (χ3n) is 3.38. The maximum Gasteiger partial charge on any atom is 0.240 e. The van der Waals surface area contributed by atoms with Gasteiger partial charge in [-0.3, -0.25) is 0 Å². The Bertz CT molecular complexity index is 886. The third kappa shape index (κ3) is 3.85. The van der Waals surface area contributed by atoms with E-state index >= 15 is 0 Å².